The molecule has 2 heterocycles. The summed E-state index contributed by atoms with van der Waals surface area (Å²) in [7, 11) is 0. The van der Waals surface area contributed by atoms with Gasteiger partial charge < -0.3 is 14.7 Å². The monoisotopic (exact) mass is 1010 g/mol. The van der Waals surface area contributed by atoms with Gasteiger partial charge in [-0.1, -0.05) is 212 Å². The van der Waals surface area contributed by atoms with Gasteiger partial charge in [0, 0.05) is 56.6 Å². The summed E-state index contributed by atoms with van der Waals surface area (Å²) in [6, 6.07) is 59.6. The van der Waals surface area contributed by atoms with Gasteiger partial charge >= 0.3 is 0 Å². The minimum Gasteiger partial charge on any atom is -0.311 e. The zero-order valence-electron chi connectivity index (χ0n) is 52.5. The van der Waals surface area contributed by atoms with Crippen molar-refractivity contribution < 1.29 is 6.85 Å². The average molecular weight is 1010 g/mol. The summed E-state index contributed by atoms with van der Waals surface area (Å²) in [5, 5.41) is 0. The van der Waals surface area contributed by atoms with Crippen LogP contribution in [0.25, 0.3) is 22.3 Å². The highest BCUT2D eigenvalue weighted by molar-refractivity contribution is 7.00. The molecule has 0 fully saturated rings. The van der Waals surface area contributed by atoms with Crippen molar-refractivity contribution in [2.45, 2.75) is 124 Å². The second-order valence-corrected chi connectivity index (χ2v) is 26.4. The molecule has 0 unspecified atom stereocenters. The lowest BCUT2D eigenvalue weighted by atomic mass is 9.33. The normalized spacial score (nSPS) is 15.3. The highest BCUT2D eigenvalue weighted by Crippen LogP contribution is 2.53. The van der Waals surface area contributed by atoms with Crippen LogP contribution in [-0.4, -0.2) is 6.71 Å². The van der Waals surface area contributed by atoms with Gasteiger partial charge in [-0.05, 0) is 173 Å². The summed E-state index contributed by atoms with van der Waals surface area (Å²) in [6.07, 6.45) is 0. The molecule has 3 aliphatic rings. The summed E-state index contributed by atoms with van der Waals surface area (Å²) in [6.45, 7) is 32.0. The molecule has 9 aromatic carbocycles. The molecule has 0 atom stereocenters. The van der Waals surface area contributed by atoms with Gasteiger partial charge in [0.2, 0.25) is 0 Å². The van der Waals surface area contributed by atoms with Crippen LogP contribution in [-0.2, 0) is 27.1 Å². The van der Waals surface area contributed by atoms with E-state index in [0.29, 0.717) is 5.56 Å². The molecule has 4 heteroatoms. The SMILES string of the molecule is [2H]c1c([2H])c([2H])c(-c2ccc(N(c3ccc(C(C)(C)C)cc3)c3ccc4c(c3)N(c3ccc5c(c3)C(C)(C)c3ccccc3-5)c3cc(C(C)(C)C)cc5c3B4c3cc(C(C)(C)C)ccc3N5c3ccc(C(C)(C)C)cc3)cc2)c([2H])c1[2H]. The fourth-order valence-electron chi connectivity index (χ4n) is 12.3. The number of hydrogen-bond acceptors (Lipinski definition) is 3. The van der Waals surface area contributed by atoms with Crippen molar-refractivity contribution in [3.8, 4) is 22.3 Å². The Labute approximate surface area is 467 Å². The molecule has 0 saturated carbocycles. The topological polar surface area (TPSA) is 9.72 Å². The molecule has 0 amide bonds. The zero-order valence-corrected chi connectivity index (χ0v) is 47.5. The Morgan fingerprint density at radius 2 is 0.922 bits per heavy atom. The molecule has 9 aromatic rings. The van der Waals surface area contributed by atoms with E-state index >= 15 is 0 Å². The predicted molar refractivity (Wildman–Crippen MR) is 333 cm³/mol. The molecule has 2 aliphatic heterocycles. The van der Waals surface area contributed by atoms with Gasteiger partial charge in [0.1, 0.15) is 0 Å². The van der Waals surface area contributed by atoms with Crippen molar-refractivity contribution in [1.82, 2.24) is 0 Å². The lowest BCUT2D eigenvalue weighted by Gasteiger charge is -2.46. The van der Waals surface area contributed by atoms with E-state index in [2.05, 4.69) is 251 Å². The number of rotatable bonds is 6. The van der Waals surface area contributed by atoms with Crippen molar-refractivity contribution in [1.29, 1.82) is 0 Å². The quantitative estimate of drug-likeness (QED) is 0.154. The van der Waals surface area contributed by atoms with Gasteiger partial charge in [-0.25, -0.2) is 0 Å². The van der Waals surface area contributed by atoms with E-state index in [1.165, 1.54) is 72.3 Å². The summed E-state index contributed by atoms with van der Waals surface area (Å²) in [4.78, 5) is 7.39. The van der Waals surface area contributed by atoms with Crippen molar-refractivity contribution in [2.24, 2.45) is 0 Å². The fourth-order valence-corrected chi connectivity index (χ4v) is 12.3. The Hall–Kier alpha value is -7.56. The van der Waals surface area contributed by atoms with Crippen molar-refractivity contribution >= 4 is 74.3 Å². The van der Waals surface area contributed by atoms with Crippen LogP contribution in [0.4, 0.5) is 51.2 Å². The van der Waals surface area contributed by atoms with Crippen LogP contribution in [0.5, 0.6) is 0 Å². The molecule has 0 N–H and O–H groups in total. The van der Waals surface area contributed by atoms with Crippen LogP contribution in [0.3, 0.4) is 0 Å². The number of anilines is 9. The van der Waals surface area contributed by atoms with Gasteiger partial charge in [-0.15, -0.1) is 0 Å². The molecule has 12 rings (SSSR count). The Morgan fingerprint density at radius 1 is 0.403 bits per heavy atom. The first-order chi connectivity index (χ1) is 38.5. The Balaban J connectivity index is 1.15. The second kappa shape index (κ2) is 17.7. The van der Waals surface area contributed by atoms with Crippen LogP contribution in [0.15, 0.2) is 194 Å². The first-order valence-corrected chi connectivity index (χ1v) is 27.5. The van der Waals surface area contributed by atoms with E-state index in [9.17, 15) is 0 Å². The average Bonchev–Trinajstić information content (AvgIpc) is 1.28. The molecule has 77 heavy (non-hydrogen) atoms. The Bertz CT molecular complexity index is 4030. The molecular formula is C73H74BN3. The third kappa shape index (κ3) is 8.51. The van der Waals surface area contributed by atoms with Crippen LogP contribution in [0.1, 0.15) is 137 Å². The molecule has 384 valence electrons. The number of fused-ring (bicyclic) bond motifs is 7. The molecule has 3 nitrogen and oxygen atoms in total. The van der Waals surface area contributed by atoms with E-state index in [0.717, 1.165) is 39.8 Å². The fraction of sp³-hybridized carbons (Fsp3) is 0.260. The molecule has 0 saturated heterocycles. The van der Waals surface area contributed by atoms with Gasteiger partial charge in [0.15, 0.2) is 0 Å². The van der Waals surface area contributed by atoms with Gasteiger partial charge in [0.25, 0.3) is 6.71 Å². The largest absolute Gasteiger partial charge is 0.311 e. The molecular weight excluding hydrogens is 930 g/mol. The van der Waals surface area contributed by atoms with Crippen molar-refractivity contribution in [3.05, 3.63) is 227 Å². The van der Waals surface area contributed by atoms with Crippen molar-refractivity contribution in [3.63, 3.8) is 0 Å². The summed E-state index contributed by atoms with van der Waals surface area (Å²) < 4.78 is 43.0. The number of hydrogen-bond donors (Lipinski definition) is 0. The summed E-state index contributed by atoms with van der Waals surface area (Å²) >= 11 is 0. The maximum atomic E-state index is 8.85. The van der Waals surface area contributed by atoms with E-state index in [4.69, 9.17) is 6.85 Å². The van der Waals surface area contributed by atoms with Crippen LogP contribution in [0.2, 0.25) is 0 Å². The maximum Gasteiger partial charge on any atom is 0.252 e. The summed E-state index contributed by atoms with van der Waals surface area (Å²) in [5.41, 5.74) is 23.6. The minimum absolute atomic E-state index is 0.00568. The first-order valence-electron chi connectivity index (χ1n) is 30.0. The molecule has 0 radical (unpaired) electrons. The predicted octanol–water partition coefficient (Wildman–Crippen LogP) is 18.4. The van der Waals surface area contributed by atoms with Gasteiger partial charge in [0.05, 0.1) is 6.85 Å². The third-order valence-corrected chi connectivity index (χ3v) is 16.8. The van der Waals surface area contributed by atoms with E-state index < -0.39 is 6.04 Å². The maximum absolute atomic E-state index is 8.85. The lowest BCUT2D eigenvalue weighted by Crippen LogP contribution is -2.61. The van der Waals surface area contributed by atoms with Crippen LogP contribution >= 0.6 is 0 Å². The molecule has 0 aromatic heterocycles. The lowest BCUT2D eigenvalue weighted by molar-refractivity contribution is 0.589. The number of benzene rings is 9. The first kappa shape index (κ1) is 44.6. The van der Waals surface area contributed by atoms with Gasteiger partial charge in [-0.3, -0.25) is 0 Å². The highest BCUT2D eigenvalue weighted by atomic mass is 15.2. The van der Waals surface area contributed by atoms with E-state index in [1.807, 2.05) is 24.3 Å². The minimum atomic E-state index is -0.404. The smallest absolute Gasteiger partial charge is 0.252 e. The van der Waals surface area contributed by atoms with Crippen LogP contribution < -0.4 is 31.1 Å². The molecule has 1 aliphatic carbocycles. The molecule has 0 bridgehead atoms. The number of nitrogens with zero attached hydrogens (tertiary/aromatic N) is 3. The zero-order chi connectivity index (χ0) is 58.5. The van der Waals surface area contributed by atoms with Crippen LogP contribution in [0, 0.1) is 0 Å². The van der Waals surface area contributed by atoms with Crippen molar-refractivity contribution in [2.75, 3.05) is 14.7 Å². The van der Waals surface area contributed by atoms with E-state index in [-0.39, 0.29) is 63.5 Å². The second-order valence-electron chi connectivity index (χ2n) is 26.4. The Morgan fingerprint density at radius 3 is 1.53 bits per heavy atom. The van der Waals surface area contributed by atoms with E-state index in [1.54, 1.807) is 0 Å². The highest BCUT2D eigenvalue weighted by Gasteiger charge is 2.46. The van der Waals surface area contributed by atoms with Gasteiger partial charge in [-0.2, -0.15) is 0 Å². The Kier molecular flexibility index (Phi) is 10.3. The third-order valence-electron chi connectivity index (χ3n) is 16.8. The molecule has 0 spiro atoms. The summed E-state index contributed by atoms with van der Waals surface area (Å²) in [5.74, 6) is 0. The standard InChI is InChI=1S/C73H74BN3/c1-69(2,3)49-26-33-54(34-27-49)75(53-31-24-48(25-32-53)47-20-16-15-17-21-47)57-38-40-62-65(46-57)77(56-37-39-59-58-22-18-19-23-60(58)73(13,14)61(59)45-56)67-44-52(72(10,11)12)43-66-68(67)74(62)63-42-51(71(7,8)9)30-41-64(63)76(66)55-35-28-50(29-36-55)70(4,5)6/h15-46H,1-14H3/i15D,16D,17D,20D,21D.